The number of hydrogen-bond acceptors (Lipinski definition) is 1. The number of ether oxygens (including phenoxy) is 1. The van der Waals surface area contributed by atoms with E-state index in [1.807, 2.05) is 0 Å². The average molecular weight is 234 g/mol. The van der Waals surface area contributed by atoms with Gasteiger partial charge in [0.1, 0.15) is 5.75 Å². The summed E-state index contributed by atoms with van der Waals surface area (Å²) in [4.78, 5) is 0. The Morgan fingerprint density at radius 3 is 1.94 bits per heavy atom. The average Bonchev–Trinajstić information content (AvgIpc) is 2.24. The van der Waals surface area contributed by atoms with Crippen LogP contribution in [0.4, 0.5) is 0 Å². The van der Waals surface area contributed by atoms with Crippen LogP contribution >= 0.6 is 0 Å². The number of benzene rings is 1. The minimum Gasteiger partial charge on any atom is -0.497 e. The Morgan fingerprint density at radius 1 is 1.06 bits per heavy atom. The molecule has 0 amide bonds. The second-order valence-corrected chi connectivity index (χ2v) is 6.32. The van der Waals surface area contributed by atoms with Gasteiger partial charge < -0.3 is 4.74 Å². The maximum atomic E-state index is 5.22. The summed E-state index contributed by atoms with van der Waals surface area (Å²) in [5.41, 5.74) is 1.73. The van der Waals surface area contributed by atoms with Crippen molar-refractivity contribution in [2.24, 2.45) is 11.3 Å². The van der Waals surface area contributed by atoms with E-state index < -0.39 is 0 Å². The fraction of sp³-hybridized carbons (Fsp3) is 0.625. The van der Waals surface area contributed by atoms with Crippen molar-refractivity contribution in [3.05, 3.63) is 29.8 Å². The van der Waals surface area contributed by atoms with Crippen molar-refractivity contribution in [3.63, 3.8) is 0 Å². The van der Waals surface area contributed by atoms with Crippen LogP contribution in [0, 0.1) is 11.3 Å². The highest BCUT2D eigenvalue weighted by Gasteiger charge is 2.26. The van der Waals surface area contributed by atoms with Crippen molar-refractivity contribution in [1.29, 1.82) is 0 Å². The molecule has 0 radical (unpaired) electrons. The summed E-state index contributed by atoms with van der Waals surface area (Å²) < 4.78 is 5.22. The first kappa shape index (κ1) is 14.1. The molecular formula is C16H26O. The van der Waals surface area contributed by atoms with E-state index in [1.54, 1.807) is 7.11 Å². The highest BCUT2D eigenvalue weighted by Crippen LogP contribution is 2.40. The predicted octanol–water partition coefficient (Wildman–Crippen LogP) is 4.87. The Morgan fingerprint density at radius 2 is 1.59 bits per heavy atom. The molecule has 1 nitrogen and oxygen atoms in total. The third kappa shape index (κ3) is 4.07. The molecule has 0 saturated carbocycles. The van der Waals surface area contributed by atoms with Crippen molar-refractivity contribution in [2.75, 3.05) is 7.11 Å². The molecule has 0 saturated heterocycles. The maximum absolute atomic E-state index is 5.22. The quantitative estimate of drug-likeness (QED) is 0.722. The summed E-state index contributed by atoms with van der Waals surface area (Å²) >= 11 is 0. The van der Waals surface area contributed by atoms with Crippen LogP contribution in [-0.4, -0.2) is 7.11 Å². The van der Waals surface area contributed by atoms with Crippen molar-refractivity contribution in [3.8, 4) is 5.75 Å². The van der Waals surface area contributed by atoms with Crippen LogP contribution in [0.1, 0.15) is 52.5 Å². The van der Waals surface area contributed by atoms with E-state index >= 15 is 0 Å². The Kier molecular flexibility index (Phi) is 4.62. The normalized spacial score (nSPS) is 13.8. The van der Waals surface area contributed by atoms with Crippen LogP contribution in [0.15, 0.2) is 24.3 Å². The molecule has 1 aromatic carbocycles. The Balaban J connectivity index is 2.96. The van der Waals surface area contributed by atoms with Crippen LogP contribution < -0.4 is 4.74 Å². The lowest BCUT2D eigenvalue weighted by Gasteiger charge is -2.32. The summed E-state index contributed by atoms with van der Waals surface area (Å²) in [7, 11) is 1.71. The minimum absolute atomic E-state index is 0.304. The van der Waals surface area contributed by atoms with E-state index in [0.717, 1.165) is 11.7 Å². The summed E-state index contributed by atoms with van der Waals surface area (Å²) in [6.07, 6.45) is 1.23. The fourth-order valence-corrected chi connectivity index (χ4v) is 2.30. The first-order valence-corrected chi connectivity index (χ1v) is 6.48. The Labute approximate surface area is 106 Å². The van der Waals surface area contributed by atoms with Gasteiger partial charge in [0.05, 0.1) is 7.11 Å². The number of methoxy groups -OCH3 is 1. The first-order chi connectivity index (χ1) is 7.84. The molecule has 1 heteroatoms. The van der Waals surface area contributed by atoms with Crippen LogP contribution in [0.5, 0.6) is 5.75 Å². The van der Waals surface area contributed by atoms with Gasteiger partial charge in [-0.15, -0.1) is 0 Å². The van der Waals surface area contributed by atoms with Crippen molar-refractivity contribution in [1.82, 2.24) is 0 Å². The van der Waals surface area contributed by atoms with Gasteiger partial charge in [-0.1, -0.05) is 46.8 Å². The van der Waals surface area contributed by atoms with Crippen LogP contribution in [0.2, 0.25) is 0 Å². The summed E-state index contributed by atoms with van der Waals surface area (Å²) in [5, 5.41) is 0. The van der Waals surface area contributed by atoms with Gasteiger partial charge in [0.2, 0.25) is 0 Å². The lowest BCUT2D eigenvalue weighted by molar-refractivity contribution is 0.280. The summed E-state index contributed by atoms with van der Waals surface area (Å²) in [5.74, 6) is 2.26. The van der Waals surface area contributed by atoms with Gasteiger partial charge in [0.25, 0.3) is 0 Å². The zero-order valence-electron chi connectivity index (χ0n) is 12.1. The first-order valence-electron chi connectivity index (χ1n) is 6.48. The van der Waals surface area contributed by atoms with Crippen LogP contribution in [0.3, 0.4) is 0 Å². The molecule has 0 fully saturated rings. The molecule has 1 unspecified atom stereocenters. The molecule has 0 N–H and O–H groups in total. The van der Waals surface area contributed by atoms with E-state index in [9.17, 15) is 0 Å². The second-order valence-electron chi connectivity index (χ2n) is 6.32. The molecule has 0 heterocycles. The highest BCUT2D eigenvalue weighted by molar-refractivity contribution is 5.30. The Bertz CT molecular complexity index is 330. The molecular weight excluding hydrogens is 208 g/mol. The Hall–Kier alpha value is -0.980. The van der Waals surface area contributed by atoms with E-state index in [-0.39, 0.29) is 0 Å². The van der Waals surface area contributed by atoms with Crippen molar-refractivity contribution >= 4 is 0 Å². The lowest BCUT2D eigenvalue weighted by Crippen LogP contribution is -2.20. The molecule has 0 aliphatic carbocycles. The zero-order valence-corrected chi connectivity index (χ0v) is 12.1. The van der Waals surface area contributed by atoms with E-state index in [4.69, 9.17) is 4.74 Å². The number of rotatable bonds is 4. The molecule has 0 aromatic heterocycles. The van der Waals surface area contributed by atoms with Gasteiger partial charge in [0.15, 0.2) is 0 Å². The third-order valence-corrected chi connectivity index (χ3v) is 3.27. The van der Waals surface area contributed by atoms with Gasteiger partial charge in [0, 0.05) is 0 Å². The molecule has 0 bridgehead atoms. The highest BCUT2D eigenvalue weighted by atomic mass is 16.5. The van der Waals surface area contributed by atoms with Crippen molar-refractivity contribution < 1.29 is 4.74 Å². The van der Waals surface area contributed by atoms with Gasteiger partial charge >= 0.3 is 0 Å². The van der Waals surface area contributed by atoms with E-state index in [2.05, 4.69) is 58.9 Å². The summed E-state index contributed by atoms with van der Waals surface area (Å²) in [6.45, 7) is 11.6. The standard InChI is InChI=1S/C16H26O/c1-12(2)11-15(16(3,4)5)13-7-9-14(17-6)10-8-13/h7-10,12,15H,11H2,1-6H3. The predicted molar refractivity (Wildman–Crippen MR) is 74.6 cm³/mol. The van der Waals surface area contributed by atoms with Crippen molar-refractivity contribution in [2.45, 2.75) is 47.0 Å². The number of hydrogen-bond donors (Lipinski definition) is 0. The molecule has 1 rings (SSSR count). The zero-order chi connectivity index (χ0) is 13.1. The van der Waals surface area contributed by atoms with E-state index in [1.165, 1.54) is 12.0 Å². The topological polar surface area (TPSA) is 9.23 Å². The monoisotopic (exact) mass is 234 g/mol. The van der Waals surface area contributed by atoms with Gasteiger partial charge in [-0.2, -0.15) is 0 Å². The third-order valence-electron chi connectivity index (χ3n) is 3.27. The molecule has 17 heavy (non-hydrogen) atoms. The lowest BCUT2D eigenvalue weighted by atomic mass is 9.72. The SMILES string of the molecule is COc1ccc(C(CC(C)C)C(C)(C)C)cc1. The second kappa shape index (κ2) is 5.57. The van der Waals surface area contributed by atoms with Crippen LogP contribution in [-0.2, 0) is 0 Å². The molecule has 1 atom stereocenters. The maximum Gasteiger partial charge on any atom is 0.118 e. The van der Waals surface area contributed by atoms with Gasteiger partial charge in [-0.25, -0.2) is 0 Å². The summed E-state index contributed by atoms with van der Waals surface area (Å²) in [6, 6.07) is 8.54. The van der Waals surface area contributed by atoms with Gasteiger partial charge in [-0.3, -0.25) is 0 Å². The molecule has 96 valence electrons. The van der Waals surface area contributed by atoms with Crippen LogP contribution in [0.25, 0.3) is 0 Å². The van der Waals surface area contributed by atoms with E-state index in [0.29, 0.717) is 11.3 Å². The largest absolute Gasteiger partial charge is 0.497 e. The molecule has 0 aliphatic rings. The fourth-order valence-electron chi connectivity index (χ4n) is 2.30. The molecule has 1 aromatic rings. The molecule has 0 aliphatic heterocycles. The minimum atomic E-state index is 0.304. The van der Waals surface area contributed by atoms with Gasteiger partial charge in [-0.05, 0) is 41.4 Å². The molecule has 0 spiro atoms. The smallest absolute Gasteiger partial charge is 0.118 e.